The molecule has 286 valence electrons. The lowest BCUT2D eigenvalue weighted by molar-refractivity contribution is -0.442. The Balaban J connectivity index is 1.52. The fourth-order valence-corrected chi connectivity index (χ4v) is 8.50. The molecule has 3 aliphatic heterocycles. The second kappa shape index (κ2) is 16.2. The lowest BCUT2D eigenvalue weighted by atomic mass is 9.75. The first-order valence-electron chi connectivity index (χ1n) is 17.7. The highest BCUT2D eigenvalue weighted by molar-refractivity contribution is 7.86. The van der Waals surface area contributed by atoms with E-state index in [9.17, 15) is 30.7 Å². The maximum absolute atomic E-state index is 12.3. The molecule has 0 bridgehead atoms. The van der Waals surface area contributed by atoms with Crippen molar-refractivity contribution in [3.8, 4) is 0 Å². The Labute approximate surface area is 312 Å². The molecule has 0 spiro atoms. The zero-order chi connectivity index (χ0) is 38.6. The maximum atomic E-state index is 12.3. The zero-order valence-corrected chi connectivity index (χ0v) is 32.3. The van der Waals surface area contributed by atoms with Gasteiger partial charge >= 0.3 is 5.97 Å². The third-order valence-electron chi connectivity index (χ3n) is 10.3. The van der Waals surface area contributed by atoms with Crippen LogP contribution in [0.5, 0.6) is 0 Å². The molecule has 2 aromatic rings. The summed E-state index contributed by atoms with van der Waals surface area (Å²) in [5.74, 6) is -0.298. The molecule has 14 heteroatoms. The van der Waals surface area contributed by atoms with Crippen molar-refractivity contribution in [3.05, 3.63) is 96.3 Å². The third kappa shape index (κ3) is 8.74. The Morgan fingerprint density at radius 1 is 0.981 bits per heavy atom. The maximum Gasteiger partial charge on any atom is 0.305 e. The van der Waals surface area contributed by atoms with Crippen LogP contribution in [0, 0.1) is 0 Å². The van der Waals surface area contributed by atoms with Gasteiger partial charge in [-0.1, -0.05) is 44.6 Å². The van der Waals surface area contributed by atoms with Crippen molar-refractivity contribution in [1.82, 2.24) is 0 Å². The first-order valence-corrected chi connectivity index (χ1v) is 20.5. The van der Waals surface area contributed by atoms with Gasteiger partial charge in [0.1, 0.15) is 0 Å². The molecule has 2 aromatic carbocycles. The van der Waals surface area contributed by atoms with Crippen molar-refractivity contribution < 1.29 is 49.5 Å². The largest absolute Gasteiger partial charge is 0.469 e. The summed E-state index contributed by atoms with van der Waals surface area (Å²) >= 11 is 0. The first kappa shape index (κ1) is 40.3. The molecule has 5 rings (SSSR count). The van der Waals surface area contributed by atoms with E-state index < -0.39 is 31.1 Å². The number of nitrogens with zero attached hydrogens (tertiary/aromatic N) is 2. The minimum atomic E-state index is -4.47. The Morgan fingerprint density at radius 2 is 1.64 bits per heavy atom. The summed E-state index contributed by atoms with van der Waals surface area (Å²) in [4.78, 5) is 13.7. The van der Waals surface area contributed by atoms with E-state index >= 15 is 0 Å². The molecule has 2 N–H and O–H groups in total. The van der Waals surface area contributed by atoms with Crippen molar-refractivity contribution in [2.75, 3.05) is 38.3 Å². The molecular formula is C39H49N2O10S2+. The highest BCUT2D eigenvalue weighted by Gasteiger charge is 2.48. The predicted molar refractivity (Wildman–Crippen MR) is 202 cm³/mol. The number of methoxy groups -OCH3 is 1. The monoisotopic (exact) mass is 769 g/mol. The topological polar surface area (TPSA) is 160 Å². The van der Waals surface area contributed by atoms with Crippen LogP contribution in [-0.4, -0.2) is 81.9 Å². The van der Waals surface area contributed by atoms with Crippen LogP contribution in [0.1, 0.15) is 70.4 Å². The highest BCUT2D eigenvalue weighted by atomic mass is 32.2. The smallest absolute Gasteiger partial charge is 0.305 e. The third-order valence-corrected chi connectivity index (χ3v) is 12.0. The van der Waals surface area contributed by atoms with E-state index in [0.29, 0.717) is 58.4 Å². The number of esters is 1. The van der Waals surface area contributed by atoms with E-state index in [1.54, 1.807) is 12.1 Å². The number of benzene rings is 2. The fourth-order valence-electron chi connectivity index (χ4n) is 7.49. The molecule has 1 fully saturated rings. The second-order valence-corrected chi connectivity index (χ2v) is 16.9. The minimum Gasteiger partial charge on any atom is -0.469 e. The summed E-state index contributed by atoms with van der Waals surface area (Å²) < 4.78 is 86.6. The van der Waals surface area contributed by atoms with Gasteiger partial charge in [-0.15, -0.1) is 6.58 Å². The van der Waals surface area contributed by atoms with Gasteiger partial charge in [-0.05, 0) is 68.2 Å². The second-order valence-electron chi connectivity index (χ2n) is 14.1. The minimum absolute atomic E-state index is 0.157. The first-order chi connectivity index (χ1) is 25.0. The van der Waals surface area contributed by atoms with E-state index in [1.807, 2.05) is 57.2 Å². The van der Waals surface area contributed by atoms with Crippen LogP contribution >= 0.6 is 0 Å². The number of carbonyl (C=O) groups is 1. The normalized spacial score (nSPS) is 20.9. The molecule has 0 aliphatic carbocycles. The zero-order valence-electron chi connectivity index (χ0n) is 30.7. The van der Waals surface area contributed by atoms with Crippen molar-refractivity contribution in [2.24, 2.45) is 0 Å². The molecule has 0 saturated carbocycles. The molecule has 1 unspecified atom stereocenters. The predicted octanol–water partition coefficient (Wildman–Crippen LogP) is 6.40. The number of carbonyl (C=O) groups excluding carboxylic acids is 1. The summed E-state index contributed by atoms with van der Waals surface area (Å²) in [6.07, 6.45) is 14.5. The van der Waals surface area contributed by atoms with Gasteiger partial charge in [-0.2, -0.15) is 21.4 Å². The lowest BCUT2D eigenvalue weighted by Gasteiger charge is -2.26. The van der Waals surface area contributed by atoms with Crippen LogP contribution in [0.3, 0.4) is 0 Å². The number of hydrogen-bond acceptors (Lipinski definition) is 9. The summed E-state index contributed by atoms with van der Waals surface area (Å²) in [5.41, 5.74) is 3.78. The molecule has 1 saturated heterocycles. The van der Waals surface area contributed by atoms with Gasteiger partial charge in [-0.25, -0.2) is 0 Å². The van der Waals surface area contributed by atoms with Crippen molar-refractivity contribution in [2.45, 2.75) is 86.2 Å². The Morgan fingerprint density at radius 3 is 2.28 bits per heavy atom. The number of allylic oxidation sites excluding steroid dienone is 6. The van der Waals surface area contributed by atoms with Gasteiger partial charge in [0.25, 0.3) is 20.2 Å². The highest BCUT2D eigenvalue weighted by Crippen LogP contribution is 2.49. The van der Waals surface area contributed by atoms with Crippen LogP contribution < -0.4 is 4.90 Å². The van der Waals surface area contributed by atoms with Gasteiger partial charge in [0.2, 0.25) is 5.69 Å². The molecular weight excluding hydrogens is 721 g/mol. The number of anilines is 1. The van der Waals surface area contributed by atoms with Crippen LogP contribution in [0.25, 0.3) is 0 Å². The van der Waals surface area contributed by atoms with Crippen LogP contribution in [0.4, 0.5) is 11.4 Å². The summed E-state index contributed by atoms with van der Waals surface area (Å²) in [5, 5.41) is 0. The number of unbranched alkanes of at least 4 members (excludes halogenated alkanes) is 1. The number of ether oxygens (including phenoxy) is 3. The van der Waals surface area contributed by atoms with E-state index in [-0.39, 0.29) is 28.5 Å². The van der Waals surface area contributed by atoms with E-state index in [2.05, 4.69) is 16.1 Å². The molecule has 12 nitrogen and oxygen atoms in total. The van der Waals surface area contributed by atoms with Crippen LogP contribution in [0.15, 0.2) is 94.9 Å². The average molecular weight is 770 g/mol. The van der Waals surface area contributed by atoms with Gasteiger partial charge in [0, 0.05) is 47.5 Å². The van der Waals surface area contributed by atoms with Crippen LogP contribution in [-0.2, 0) is 50.1 Å². The van der Waals surface area contributed by atoms with Gasteiger partial charge < -0.3 is 19.1 Å². The SMILES string of the molecule is C=CCCN1/C(=C/C=C/C=C/C2=[N+](CCC3OCCO3)c3ccc(S(=O)(=O)O)cc3C2(C)CCCCC(=O)OC)C(C)(C)c2cc(S(=O)(=O)O)ccc21. The summed E-state index contributed by atoms with van der Waals surface area (Å²) in [6.45, 7) is 12.1. The number of rotatable bonds is 16. The Kier molecular flexibility index (Phi) is 12.3. The molecule has 53 heavy (non-hydrogen) atoms. The molecule has 3 aliphatic rings. The molecule has 0 amide bonds. The Hall–Kier alpha value is -3.92. The van der Waals surface area contributed by atoms with Gasteiger partial charge in [0.15, 0.2) is 18.5 Å². The average Bonchev–Trinajstić information content (AvgIpc) is 3.76. The lowest BCUT2D eigenvalue weighted by Crippen LogP contribution is -2.32. The number of hydrogen-bond donors (Lipinski definition) is 2. The van der Waals surface area contributed by atoms with E-state index in [0.717, 1.165) is 33.9 Å². The quantitative estimate of drug-likeness (QED) is 0.0486. The van der Waals surface area contributed by atoms with Crippen LogP contribution in [0.2, 0.25) is 0 Å². The van der Waals surface area contributed by atoms with Gasteiger partial charge in [-0.3, -0.25) is 13.9 Å². The molecule has 0 radical (unpaired) electrons. The number of fused-ring (bicyclic) bond motifs is 2. The molecule has 0 aromatic heterocycles. The van der Waals surface area contributed by atoms with Crippen molar-refractivity contribution in [1.29, 1.82) is 0 Å². The summed E-state index contributed by atoms with van der Waals surface area (Å²) in [6, 6.07) is 9.31. The van der Waals surface area contributed by atoms with E-state index in [4.69, 9.17) is 14.2 Å². The summed E-state index contributed by atoms with van der Waals surface area (Å²) in [7, 11) is -7.50. The Bertz CT molecular complexity index is 2080. The standard InChI is InChI=1S/C39H48N2O10S2/c1-6-7-22-40-32-18-16-28(52(43,44)45)26-30(32)38(2,3)34(40)13-9-8-10-14-35-39(4,21-12-11-15-36(42)49-5)31-27-29(53(46,47)48)17-19-33(31)41(35)23-20-37-50-24-25-51-37/h6,8-10,13-14,16-19,26-27,37H,1,7,11-12,15,20-25H2,2-5H3,(H-,43,44,45,46,47,48)/p+1. The van der Waals surface area contributed by atoms with Crippen molar-refractivity contribution >= 4 is 43.3 Å². The van der Waals surface area contributed by atoms with Gasteiger partial charge in [0.05, 0.1) is 42.0 Å². The van der Waals surface area contributed by atoms with Crippen molar-refractivity contribution in [3.63, 3.8) is 0 Å². The molecule has 3 heterocycles. The fraction of sp³-hybridized carbons (Fsp3) is 0.436. The molecule has 1 atom stereocenters. The van der Waals surface area contributed by atoms with E-state index in [1.165, 1.54) is 31.4 Å².